The standard InChI is InChI=1S/C19H22N2O2.Na.H/c22-18(23)19(20-17-9-5-2-6-10-17)11-13-21(14-12-19)15-16-7-3-1-4-8-16;;/h1-10,20H,11-15H2,(H,22,23);;/q;+1;-1. The number of piperidine rings is 1. The molecule has 1 heterocycles. The molecule has 24 heavy (non-hydrogen) atoms. The third-order valence-corrected chi connectivity index (χ3v) is 4.53. The number of nitrogens with one attached hydrogen (secondary N) is 1. The van der Waals surface area contributed by atoms with Gasteiger partial charge in [0.25, 0.3) is 0 Å². The fraction of sp³-hybridized carbons (Fsp3) is 0.316. The van der Waals surface area contributed by atoms with Crippen LogP contribution in [0.3, 0.4) is 0 Å². The van der Waals surface area contributed by atoms with Crippen LogP contribution in [0.1, 0.15) is 19.8 Å². The normalized spacial score (nSPS) is 16.8. The van der Waals surface area contributed by atoms with Crippen LogP contribution in [0.25, 0.3) is 0 Å². The molecular formula is C19H23N2NaO2. The molecule has 5 heteroatoms. The Morgan fingerprint density at radius 1 is 1.04 bits per heavy atom. The second-order valence-electron chi connectivity index (χ2n) is 6.14. The molecule has 2 N–H and O–H groups in total. The van der Waals surface area contributed by atoms with Crippen molar-refractivity contribution in [2.24, 2.45) is 0 Å². The van der Waals surface area contributed by atoms with Gasteiger partial charge < -0.3 is 11.8 Å². The van der Waals surface area contributed by atoms with Gasteiger partial charge in [0.1, 0.15) is 5.54 Å². The summed E-state index contributed by atoms with van der Waals surface area (Å²) in [6.45, 7) is 2.43. The van der Waals surface area contributed by atoms with E-state index >= 15 is 0 Å². The summed E-state index contributed by atoms with van der Waals surface area (Å²) in [6.07, 6.45) is 1.20. The van der Waals surface area contributed by atoms with Crippen molar-refractivity contribution in [1.82, 2.24) is 4.90 Å². The third-order valence-electron chi connectivity index (χ3n) is 4.53. The first kappa shape index (κ1) is 19.0. The minimum atomic E-state index is -0.867. The summed E-state index contributed by atoms with van der Waals surface area (Å²) in [5, 5.41) is 13.0. The van der Waals surface area contributed by atoms with E-state index in [1.807, 2.05) is 48.5 Å². The monoisotopic (exact) mass is 334 g/mol. The van der Waals surface area contributed by atoms with Gasteiger partial charge in [0.2, 0.25) is 0 Å². The van der Waals surface area contributed by atoms with E-state index in [2.05, 4.69) is 22.3 Å². The van der Waals surface area contributed by atoms with Crippen molar-refractivity contribution in [2.45, 2.75) is 24.9 Å². The summed E-state index contributed by atoms with van der Waals surface area (Å²) >= 11 is 0. The molecule has 0 amide bonds. The van der Waals surface area contributed by atoms with Crippen LogP contribution in [0.15, 0.2) is 60.7 Å². The van der Waals surface area contributed by atoms with Gasteiger partial charge in [0, 0.05) is 25.3 Å². The Balaban J connectivity index is 0.00000156. The van der Waals surface area contributed by atoms with Crippen molar-refractivity contribution < 1.29 is 40.9 Å². The topological polar surface area (TPSA) is 52.6 Å². The first-order valence-electron chi connectivity index (χ1n) is 8.01. The number of carbonyl (C=O) groups is 1. The van der Waals surface area contributed by atoms with Gasteiger partial charge >= 0.3 is 35.5 Å². The van der Waals surface area contributed by atoms with Crippen molar-refractivity contribution in [3.63, 3.8) is 0 Å². The zero-order chi connectivity index (χ0) is 16.1. The Kier molecular flexibility index (Phi) is 6.87. The molecule has 1 saturated heterocycles. The number of carboxylic acids is 1. The number of aliphatic carboxylic acids is 1. The number of anilines is 1. The van der Waals surface area contributed by atoms with Crippen molar-refractivity contribution >= 4 is 11.7 Å². The average Bonchev–Trinajstić information content (AvgIpc) is 2.58. The Bertz CT molecular complexity index is 647. The second-order valence-corrected chi connectivity index (χ2v) is 6.14. The molecule has 3 rings (SSSR count). The summed E-state index contributed by atoms with van der Waals surface area (Å²) < 4.78 is 0. The van der Waals surface area contributed by atoms with E-state index in [0.29, 0.717) is 12.8 Å². The summed E-state index contributed by atoms with van der Waals surface area (Å²) in [4.78, 5) is 14.2. The van der Waals surface area contributed by atoms with Crippen molar-refractivity contribution in [1.29, 1.82) is 0 Å². The van der Waals surface area contributed by atoms with E-state index in [1.54, 1.807) is 0 Å². The van der Waals surface area contributed by atoms with Gasteiger partial charge in [-0.15, -0.1) is 0 Å². The molecule has 2 aromatic carbocycles. The number of para-hydroxylation sites is 1. The Labute approximate surface area is 166 Å². The minimum Gasteiger partial charge on any atom is -1.00 e. The molecule has 0 aliphatic carbocycles. The quantitative estimate of drug-likeness (QED) is 0.774. The number of rotatable bonds is 5. The summed E-state index contributed by atoms with van der Waals surface area (Å²) in [5.41, 5.74) is 1.27. The molecule has 0 atom stereocenters. The molecular weight excluding hydrogens is 311 g/mol. The van der Waals surface area contributed by atoms with Gasteiger partial charge in [-0.25, -0.2) is 4.79 Å². The van der Waals surface area contributed by atoms with Crippen molar-refractivity contribution in [3.05, 3.63) is 66.2 Å². The first-order chi connectivity index (χ1) is 11.2. The second kappa shape index (κ2) is 8.67. The molecule has 1 aliphatic heterocycles. The van der Waals surface area contributed by atoms with Crippen molar-refractivity contribution in [3.8, 4) is 0 Å². The fourth-order valence-corrected chi connectivity index (χ4v) is 3.12. The van der Waals surface area contributed by atoms with Crippen molar-refractivity contribution in [2.75, 3.05) is 18.4 Å². The van der Waals surface area contributed by atoms with E-state index in [0.717, 1.165) is 25.3 Å². The maximum absolute atomic E-state index is 11.9. The van der Waals surface area contributed by atoms with Crippen LogP contribution in [-0.4, -0.2) is 34.6 Å². The molecule has 0 bridgehead atoms. The predicted molar refractivity (Wildman–Crippen MR) is 92.5 cm³/mol. The van der Waals surface area contributed by atoms with Gasteiger partial charge in [0.15, 0.2) is 0 Å². The molecule has 1 aliphatic rings. The van der Waals surface area contributed by atoms with Crippen LogP contribution in [-0.2, 0) is 11.3 Å². The Morgan fingerprint density at radius 2 is 1.58 bits per heavy atom. The van der Waals surface area contributed by atoms with Crippen LogP contribution in [0, 0.1) is 0 Å². The molecule has 0 aromatic heterocycles. The smallest absolute Gasteiger partial charge is 1.00 e. The zero-order valence-corrected chi connectivity index (χ0v) is 16.1. The molecule has 0 spiro atoms. The van der Waals surface area contributed by atoms with E-state index in [9.17, 15) is 9.90 Å². The van der Waals surface area contributed by atoms with Gasteiger partial charge in [-0.2, -0.15) is 0 Å². The average molecular weight is 334 g/mol. The van der Waals surface area contributed by atoms with Gasteiger partial charge in [-0.05, 0) is 30.5 Å². The first-order valence-corrected chi connectivity index (χ1v) is 8.01. The van der Waals surface area contributed by atoms with E-state index in [-0.39, 0.29) is 31.0 Å². The number of hydrogen-bond donors (Lipinski definition) is 2. The fourth-order valence-electron chi connectivity index (χ4n) is 3.12. The Hall–Kier alpha value is -1.33. The summed E-state index contributed by atoms with van der Waals surface area (Å²) in [6, 6.07) is 19.9. The Morgan fingerprint density at radius 3 is 2.12 bits per heavy atom. The molecule has 0 saturated carbocycles. The molecule has 0 unspecified atom stereocenters. The SMILES string of the molecule is O=C(O)C1(Nc2ccccc2)CCN(Cc2ccccc2)CC1.[H-].[Na+]. The number of likely N-dealkylation sites (tertiary alicyclic amines) is 1. The molecule has 4 nitrogen and oxygen atoms in total. The van der Waals surface area contributed by atoms with Crippen LogP contribution in [0.5, 0.6) is 0 Å². The number of benzene rings is 2. The van der Waals surface area contributed by atoms with E-state index in [4.69, 9.17) is 0 Å². The molecule has 0 radical (unpaired) electrons. The summed E-state index contributed by atoms with van der Waals surface area (Å²) in [7, 11) is 0. The molecule has 122 valence electrons. The van der Waals surface area contributed by atoms with Crippen LogP contribution in [0.2, 0.25) is 0 Å². The molecule has 2 aromatic rings. The predicted octanol–water partition coefficient (Wildman–Crippen LogP) is 0.334. The van der Waals surface area contributed by atoms with Crippen LogP contribution >= 0.6 is 0 Å². The number of nitrogens with zero attached hydrogens (tertiary/aromatic N) is 1. The largest absolute Gasteiger partial charge is 1.00 e. The molecule has 1 fully saturated rings. The maximum atomic E-state index is 11.9. The number of hydrogen-bond acceptors (Lipinski definition) is 3. The van der Waals surface area contributed by atoms with Gasteiger partial charge in [0.05, 0.1) is 0 Å². The van der Waals surface area contributed by atoms with Crippen LogP contribution in [0.4, 0.5) is 5.69 Å². The zero-order valence-electron chi connectivity index (χ0n) is 15.1. The third kappa shape index (κ3) is 4.61. The van der Waals surface area contributed by atoms with E-state index in [1.165, 1.54) is 5.56 Å². The van der Waals surface area contributed by atoms with Crippen LogP contribution < -0.4 is 34.9 Å². The van der Waals surface area contributed by atoms with Gasteiger partial charge in [-0.1, -0.05) is 48.5 Å². The number of carboxylic acid groups (broad SMARTS) is 1. The summed E-state index contributed by atoms with van der Waals surface area (Å²) in [5.74, 6) is -0.763. The maximum Gasteiger partial charge on any atom is 1.00 e. The van der Waals surface area contributed by atoms with Gasteiger partial charge in [-0.3, -0.25) is 4.90 Å². The minimum absolute atomic E-state index is 0. The van der Waals surface area contributed by atoms with E-state index < -0.39 is 11.5 Å².